The van der Waals surface area contributed by atoms with Crippen LogP contribution in [0.15, 0.2) is 58.3 Å². The number of para-hydroxylation sites is 1. The summed E-state index contributed by atoms with van der Waals surface area (Å²) in [5, 5.41) is 7.78. The Morgan fingerprint density at radius 2 is 2.05 bits per heavy atom. The molecule has 3 heterocycles. The highest BCUT2D eigenvalue weighted by Crippen LogP contribution is 2.29. The van der Waals surface area contributed by atoms with Crippen LogP contribution in [0.3, 0.4) is 0 Å². The van der Waals surface area contributed by atoms with Crippen LogP contribution in [-0.4, -0.2) is 16.1 Å². The third-order valence-electron chi connectivity index (χ3n) is 3.52. The number of aldehydes is 1. The fourth-order valence-corrected chi connectivity index (χ4v) is 3.21. The van der Waals surface area contributed by atoms with E-state index in [1.54, 1.807) is 23.5 Å². The number of aromatic nitrogens is 2. The lowest BCUT2D eigenvalue weighted by Crippen LogP contribution is -1.99. The molecule has 0 saturated heterocycles. The summed E-state index contributed by atoms with van der Waals surface area (Å²) in [6.07, 6.45) is 0.703. The zero-order valence-corrected chi connectivity index (χ0v) is 12.4. The zero-order valence-electron chi connectivity index (χ0n) is 11.6. The number of carbonyl (C=O) groups is 1. The summed E-state index contributed by atoms with van der Waals surface area (Å²) in [7, 11) is 0. The molecule has 0 atom stereocenters. The number of carbonyl (C=O) groups excluding carboxylic acids is 1. The minimum absolute atomic E-state index is 0.312. The predicted octanol–water partition coefficient (Wildman–Crippen LogP) is 4.22. The van der Waals surface area contributed by atoms with Gasteiger partial charge in [-0.3, -0.25) is 9.48 Å². The van der Waals surface area contributed by atoms with Gasteiger partial charge in [-0.2, -0.15) is 5.10 Å². The Morgan fingerprint density at radius 1 is 1.14 bits per heavy atom. The lowest BCUT2D eigenvalue weighted by atomic mass is 10.2. The Labute approximate surface area is 130 Å². The van der Waals surface area contributed by atoms with Crippen molar-refractivity contribution in [1.82, 2.24) is 9.78 Å². The van der Waals surface area contributed by atoms with Crippen LogP contribution >= 0.6 is 11.3 Å². The van der Waals surface area contributed by atoms with E-state index in [0.29, 0.717) is 17.8 Å². The standard InChI is InChI=1S/C17H12N2O2S/c20-11-12-7-8-16(21-12)17-14-5-1-2-6-15(14)19(18-17)10-13-4-3-9-22-13/h1-9,11H,10H2. The van der Waals surface area contributed by atoms with Gasteiger partial charge in [0.2, 0.25) is 0 Å². The van der Waals surface area contributed by atoms with Crippen LogP contribution in [0.5, 0.6) is 0 Å². The Bertz CT molecular complexity index is 935. The number of fused-ring (bicyclic) bond motifs is 1. The summed E-state index contributed by atoms with van der Waals surface area (Å²) >= 11 is 1.71. The minimum atomic E-state index is 0.312. The van der Waals surface area contributed by atoms with Crippen LogP contribution in [0, 0.1) is 0 Å². The monoisotopic (exact) mass is 308 g/mol. The first-order valence-electron chi connectivity index (χ1n) is 6.88. The third kappa shape index (κ3) is 2.16. The molecule has 0 amide bonds. The van der Waals surface area contributed by atoms with Gasteiger partial charge in [0.05, 0.1) is 12.1 Å². The summed E-state index contributed by atoms with van der Waals surface area (Å²) in [6.45, 7) is 0.722. The lowest BCUT2D eigenvalue weighted by molar-refractivity contribution is 0.110. The maximum absolute atomic E-state index is 10.8. The van der Waals surface area contributed by atoms with Gasteiger partial charge in [-0.1, -0.05) is 24.3 Å². The van der Waals surface area contributed by atoms with Crippen molar-refractivity contribution in [3.8, 4) is 11.5 Å². The molecular weight excluding hydrogens is 296 g/mol. The molecule has 0 saturated carbocycles. The lowest BCUT2D eigenvalue weighted by Gasteiger charge is -2.00. The largest absolute Gasteiger partial charge is 0.452 e. The van der Waals surface area contributed by atoms with Gasteiger partial charge in [0.1, 0.15) is 5.69 Å². The van der Waals surface area contributed by atoms with Crippen molar-refractivity contribution in [2.45, 2.75) is 6.54 Å². The van der Waals surface area contributed by atoms with E-state index in [0.717, 1.165) is 23.1 Å². The molecule has 0 bridgehead atoms. The summed E-state index contributed by atoms with van der Waals surface area (Å²) in [6, 6.07) is 15.6. The van der Waals surface area contributed by atoms with E-state index in [4.69, 9.17) is 9.52 Å². The first-order chi connectivity index (χ1) is 10.8. The maximum Gasteiger partial charge on any atom is 0.185 e. The third-order valence-corrected chi connectivity index (χ3v) is 4.38. The smallest absolute Gasteiger partial charge is 0.185 e. The maximum atomic E-state index is 10.8. The van der Waals surface area contributed by atoms with Gasteiger partial charge >= 0.3 is 0 Å². The van der Waals surface area contributed by atoms with Crippen molar-refractivity contribution >= 4 is 28.5 Å². The first-order valence-corrected chi connectivity index (χ1v) is 7.76. The molecule has 0 radical (unpaired) electrons. The van der Waals surface area contributed by atoms with Crippen molar-refractivity contribution in [1.29, 1.82) is 0 Å². The van der Waals surface area contributed by atoms with Crippen LogP contribution in [0.4, 0.5) is 0 Å². The van der Waals surface area contributed by atoms with E-state index < -0.39 is 0 Å². The summed E-state index contributed by atoms with van der Waals surface area (Å²) in [5.74, 6) is 0.926. The number of benzene rings is 1. The van der Waals surface area contributed by atoms with Gasteiger partial charge in [-0.25, -0.2) is 0 Å². The highest BCUT2D eigenvalue weighted by molar-refractivity contribution is 7.09. The number of hydrogen-bond acceptors (Lipinski definition) is 4. The molecular formula is C17H12N2O2S. The van der Waals surface area contributed by atoms with Crippen LogP contribution in [0.25, 0.3) is 22.4 Å². The molecule has 0 fully saturated rings. The fourth-order valence-electron chi connectivity index (χ4n) is 2.52. The summed E-state index contributed by atoms with van der Waals surface area (Å²) < 4.78 is 7.51. The number of hydrogen-bond donors (Lipinski definition) is 0. The molecule has 0 spiro atoms. The van der Waals surface area contributed by atoms with Crippen molar-refractivity contribution in [3.63, 3.8) is 0 Å². The number of rotatable bonds is 4. The highest BCUT2D eigenvalue weighted by Gasteiger charge is 2.15. The van der Waals surface area contributed by atoms with E-state index in [1.165, 1.54) is 4.88 Å². The van der Waals surface area contributed by atoms with E-state index >= 15 is 0 Å². The van der Waals surface area contributed by atoms with Gasteiger partial charge in [0.15, 0.2) is 17.8 Å². The second kappa shape index (κ2) is 5.27. The van der Waals surface area contributed by atoms with Crippen LogP contribution in [0.2, 0.25) is 0 Å². The van der Waals surface area contributed by atoms with Crippen molar-refractivity contribution < 1.29 is 9.21 Å². The highest BCUT2D eigenvalue weighted by atomic mass is 32.1. The van der Waals surface area contributed by atoms with Gasteiger partial charge in [-0.05, 0) is 29.6 Å². The Balaban J connectivity index is 1.86. The second-order valence-corrected chi connectivity index (χ2v) is 5.95. The normalized spacial score (nSPS) is 11.1. The fraction of sp³-hybridized carbons (Fsp3) is 0.0588. The molecule has 0 aliphatic rings. The van der Waals surface area contributed by atoms with Gasteiger partial charge < -0.3 is 4.42 Å². The molecule has 22 heavy (non-hydrogen) atoms. The number of thiophene rings is 1. The van der Waals surface area contributed by atoms with Crippen LogP contribution in [-0.2, 0) is 6.54 Å². The Hall–Kier alpha value is -2.66. The molecule has 4 nitrogen and oxygen atoms in total. The van der Waals surface area contributed by atoms with Crippen molar-refractivity contribution in [3.05, 3.63) is 64.5 Å². The van der Waals surface area contributed by atoms with Crippen molar-refractivity contribution in [2.24, 2.45) is 0 Å². The zero-order chi connectivity index (χ0) is 14.9. The van der Waals surface area contributed by atoms with Crippen LogP contribution in [0.1, 0.15) is 15.4 Å². The van der Waals surface area contributed by atoms with E-state index in [2.05, 4.69) is 11.4 Å². The first kappa shape index (κ1) is 13.0. The molecule has 0 unspecified atom stereocenters. The van der Waals surface area contributed by atoms with Gasteiger partial charge in [0, 0.05) is 10.3 Å². The minimum Gasteiger partial charge on any atom is -0.452 e. The Morgan fingerprint density at radius 3 is 2.82 bits per heavy atom. The number of nitrogens with zero attached hydrogens (tertiary/aromatic N) is 2. The topological polar surface area (TPSA) is 48.0 Å². The molecule has 1 aromatic carbocycles. The molecule has 3 aromatic heterocycles. The van der Waals surface area contributed by atoms with E-state index in [-0.39, 0.29) is 0 Å². The molecule has 0 aliphatic heterocycles. The average molecular weight is 308 g/mol. The van der Waals surface area contributed by atoms with Gasteiger partial charge in [-0.15, -0.1) is 11.3 Å². The molecule has 108 valence electrons. The molecule has 0 N–H and O–H groups in total. The second-order valence-electron chi connectivity index (χ2n) is 4.92. The molecule has 4 rings (SSSR count). The number of furan rings is 1. The molecule has 0 aliphatic carbocycles. The quantitative estimate of drug-likeness (QED) is 0.530. The summed E-state index contributed by atoms with van der Waals surface area (Å²) in [5.41, 5.74) is 1.82. The molecule has 5 heteroatoms. The van der Waals surface area contributed by atoms with Gasteiger partial charge in [0.25, 0.3) is 0 Å². The van der Waals surface area contributed by atoms with E-state index in [9.17, 15) is 4.79 Å². The average Bonchev–Trinajstić information content (AvgIpc) is 3.27. The van der Waals surface area contributed by atoms with Crippen molar-refractivity contribution in [2.75, 3.05) is 0 Å². The Kier molecular flexibility index (Phi) is 3.12. The van der Waals surface area contributed by atoms with E-state index in [1.807, 2.05) is 35.0 Å². The molecule has 4 aromatic rings. The van der Waals surface area contributed by atoms with Crippen LogP contribution < -0.4 is 0 Å². The summed E-state index contributed by atoms with van der Waals surface area (Å²) in [4.78, 5) is 12.1. The SMILES string of the molecule is O=Cc1ccc(-c2nn(Cc3cccs3)c3ccccc23)o1. The predicted molar refractivity (Wildman–Crippen MR) is 86.2 cm³/mol.